The smallest absolute Gasteiger partial charge is 0.118 e. The molecule has 0 unspecified atom stereocenters. The molecule has 0 amide bonds. The quantitative estimate of drug-likeness (QED) is 0.460. The van der Waals surface area contributed by atoms with Crippen molar-refractivity contribution in [1.29, 1.82) is 0 Å². The standard InChI is InChI=1S/C14H20N4O4/c1-20-10-4-2-9(3-5-10)6-21-8-12-13(17-18-16)14(19)11(15)7-22-12/h2-5,11-14,19H,6-8,15H2,1H3/t11-,12+,13-,14+/m0/s1. The van der Waals surface area contributed by atoms with E-state index in [0.29, 0.717) is 6.61 Å². The normalized spacial score (nSPS) is 28.0. The van der Waals surface area contributed by atoms with Crippen LogP contribution in [0.2, 0.25) is 0 Å². The fourth-order valence-electron chi connectivity index (χ4n) is 2.27. The van der Waals surface area contributed by atoms with E-state index in [1.54, 1.807) is 7.11 Å². The molecular weight excluding hydrogens is 288 g/mol. The van der Waals surface area contributed by atoms with Crippen molar-refractivity contribution in [2.24, 2.45) is 10.8 Å². The first-order valence-corrected chi connectivity index (χ1v) is 6.96. The number of hydrogen-bond acceptors (Lipinski definition) is 6. The Kier molecular flexibility index (Phi) is 6.00. The molecule has 120 valence electrons. The molecule has 0 aromatic heterocycles. The monoisotopic (exact) mass is 308 g/mol. The lowest BCUT2D eigenvalue weighted by atomic mass is 9.97. The van der Waals surface area contributed by atoms with Gasteiger partial charge in [0.25, 0.3) is 0 Å². The Morgan fingerprint density at radius 2 is 2.18 bits per heavy atom. The highest BCUT2D eigenvalue weighted by Gasteiger charge is 2.37. The van der Waals surface area contributed by atoms with Crippen LogP contribution in [0.4, 0.5) is 0 Å². The van der Waals surface area contributed by atoms with Gasteiger partial charge >= 0.3 is 0 Å². The third-order valence-corrected chi connectivity index (χ3v) is 3.57. The molecule has 1 fully saturated rings. The highest BCUT2D eigenvalue weighted by atomic mass is 16.5. The van der Waals surface area contributed by atoms with Gasteiger partial charge in [-0.2, -0.15) is 0 Å². The summed E-state index contributed by atoms with van der Waals surface area (Å²) in [6, 6.07) is 6.19. The van der Waals surface area contributed by atoms with Gasteiger partial charge in [0.1, 0.15) is 5.75 Å². The van der Waals surface area contributed by atoms with Crippen LogP contribution >= 0.6 is 0 Å². The summed E-state index contributed by atoms with van der Waals surface area (Å²) in [5, 5.41) is 13.5. The van der Waals surface area contributed by atoms with Crippen molar-refractivity contribution in [1.82, 2.24) is 0 Å². The minimum atomic E-state index is -0.931. The van der Waals surface area contributed by atoms with Crippen LogP contribution in [0.3, 0.4) is 0 Å². The van der Waals surface area contributed by atoms with Gasteiger partial charge in [0.2, 0.25) is 0 Å². The van der Waals surface area contributed by atoms with Gasteiger partial charge in [-0.1, -0.05) is 17.2 Å². The van der Waals surface area contributed by atoms with Gasteiger partial charge < -0.3 is 25.1 Å². The van der Waals surface area contributed by atoms with Crippen LogP contribution in [-0.4, -0.2) is 49.7 Å². The third-order valence-electron chi connectivity index (χ3n) is 3.57. The summed E-state index contributed by atoms with van der Waals surface area (Å²) in [6.45, 7) is 0.795. The van der Waals surface area contributed by atoms with Gasteiger partial charge in [0, 0.05) is 4.91 Å². The van der Waals surface area contributed by atoms with E-state index < -0.39 is 24.3 Å². The minimum Gasteiger partial charge on any atom is -0.497 e. The maximum absolute atomic E-state index is 9.97. The number of hydrogen-bond donors (Lipinski definition) is 2. The Balaban J connectivity index is 1.87. The Morgan fingerprint density at radius 3 is 2.82 bits per heavy atom. The van der Waals surface area contributed by atoms with Crippen LogP contribution in [0.25, 0.3) is 10.4 Å². The van der Waals surface area contributed by atoms with Crippen molar-refractivity contribution in [3.63, 3.8) is 0 Å². The zero-order valence-electron chi connectivity index (χ0n) is 12.3. The highest BCUT2D eigenvalue weighted by Crippen LogP contribution is 2.19. The van der Waals surface area contributed by atoms with E-state index in [4.69, 9.17) is 25.5 Å². The van der Waals surface area contributed by atoms with Gasteiger partial charge in [0.05, 0.1) is 51.2 Å². The van der Waals surface area contributed by atoms with E-state index >= 15 is 0 Å². The minimum absolute atomic E-state index is 0.204. The van der Waals surface area contributed by atoms with Gasteiger partial charge in [-0.3, -0.25) is 0 Å². The highest BCUT2D eigenvalue weighted by molar-refractivity contribution is 5.26. The summed E-state index contributed by atoms with van der Waals surface area (Å²) < 4.78 is 16.2. The second-order valence-corrected chi connectivity index (χ2v) is 5.08. The lowest BCUT2D eigenvalue weighted by molar-refractivity contribution is -0.103. The Hall–Kier alpha value is -1.83. The zero-order valence-corrected chi connectivity index (χ0v) is 12.3. The fraction of sp³-hybridized carbons (Fsp3) is 0.571. The molecule has 8 nitrogen and oxygen atoms in total. The fourth-order valence-corrected chi connectivity index (χ4v) is 2.27. The molecule has 0 saturated carbocycles. The second kappa shape index (κ2) is 7.98. The molecule has 22 heavy (non-hydrogen) atoms. The Morgan fingerprint density at radius 1 is 1.45 bits per heavy atom. The second-order valence-electron chi connectivity index (χ2n) is 5.08. The Bertz CT molecular complexity index is 518. The van der Waals surface area contributed by atoms with E-state index in [0.717, 1.165) is 11.3 Å². The molecule has 1 saturated heterocycles. The van der Waals surface area contributed by atoms with Crippen molar-refractivity contribution in [2.75, 3.05) is 20.3 Å². The first-order valence-electron chi connectivity index (χ1n) is 6.96. The molecule has 4 atom stereocenters. The summed E-state index contributed by atoms with van der Waals surface area (Å²) in [5.41, 5.74) is 15.3. The third kappa shape index (κ3) is 4.09. The number of benzene rings is 1. The average molecular weight is 308 g/mol. The maximum Gasteiger partial charge on any atom is 0.118 e. The molecule has 1 aromatic rings. The van der Waals surface area contributed by atoms with E-state index in [1.807, 2.05) is 24.3 Å². The SMILES string of the molecule is COc1ccc(COC[C@H]2OC[C@H](N)[C@@H](O)[C@H]2N=[N+]=[N-])cc1. The summed E-state index contributed by atoms with van der Waals surface area (Å²) in [4.78, 5) is 2.74. The largest absolute Gasteiger partial charge is 0.497 e. The first kappa shape index (κ1) is 16.5. The summed E-state index contributed by atoms with van der Waals surface area (Å²) >= 11 is 0. The number of aliphatic hydroxyl groups excluding tert-OH is 1. The van der Waals surface area contributed by atoms with Crippen molar-refractivity contribution < 1.29 is 19.3 Å². The number of nitrogens with zero attached hydrogens (tertiary/aromatic N) is 3. The topological polar surface area (TPSA) is 123 Å². The summed E-state index contributed by atoms with van der Waals surface area (Å²) in [7, 11) is 1.61. The van der Waals surface area contributed by atoms with Crippen LogP contribution in [-0.2, 0) is 16.1 Å². The van der Waals surface area contributed by atoms with Crippen LogP contribution in [0.15, 0.2) is 29.4 Å². The molecule has 1 heterocycles. The van der Waals surface area contributed by atoms with Gasteiger partial charge in [0.15, 0.2) is 0 Å². The van der Waals surface area contributed by atoms with Crippen molar-refractivity contribution in [3.8, 4) is 5.75 Å². The number of azide groups is 1. The number of methoxy groups -OCH3 is 1. The van der Waals surface area contributed by atoms with E-state index in [-0.39, 0.29) is 13.2 Å². The average Bonchev–Trinajstić information content (AvgIpc) is 2.54. The number of nitrogens with two attached hydrogens (primary N) is 1. The molecule has 0 bridgehead atoms. The number of rotatable bonds is 6. The molecule has 0 aliphatic carbocycles. The predicted octanol–water partition coefficient (Wildman–Crippen LogP) is 0.978. The van der Waals surface area contributed by atoms with Crippen LogP contribution in [0, 0.1) is 0 Å². The van der Waals surface area contributed by atoms with Gasteiger partial charge in [-0.05, 0) is 23.2 Å². The van der Waals surface area contributed by atoms with Crippen LogP contribution < -0.4 is 10.5 Å². The zero-order chi connectivity index (χ0) is 15.9. The van der Waals surface area contributed by atoms with E-state index in [1.165, 1.54) is 0 Å². The van der Waals surface area contributed by atoms with Crippen molar-refractivity contribution in [2.45, 2.75) is 30.9 Å². The first-order chi connectivity index (χ1) is 10.7. The van der Waals surface area contributed by atoms with Gasteiger partial charge in [-0.25, -0.2) is 0 Å². The molecule has 1 aromatic carbocycles. The predicted molar refractivity (Wildman–Crippen MR) is 79.3 cm³/mol. The molecule has 3 N–H and O–H groups in total. The van der Waals surface area contributed by atoms with Crippen LogP contribution in [0.1, 0.15) is 5.56 Å². The summed E-state index contributed by atoms with van der Waals surface area (Å²) in [5.74, 6) is 0.778. The van der Waals surface area contributed by atoms with Crippen molar-refractivity contribution in [3.05, 3.63) is 40.3 Å². The lowest BCUT2D eigenvalue weighted by Gasteiger charge is -2.36. The molecule has 1 aliphatic rings. The van der Waals surface area contributed by atoms with E-state index in [2.05, 4.69) is 10.0 Å². The number of ether oxygens (including phenoxy) is 3. The molecule has 1 aliphatic heterocycles. The van der Waals surface area contributed by atoms with Crippen molar-refractivity contribution >= 4 is 0 Å². The maximum atomic E-state index is 9.97. The van der Waals surface area contributed by atoms with Gasteiger partial charge in [-0.15, -0.1) is 0 Å². The van der Waals surface area contributed by atoms with Crippen LogP contribution in [0.5, 0.6) is 5.75 Å². The number of aliphatic hydroxyl groups is 1. The summed E-state index contributed by atoms with van der Waals surface area (Å²) in [6.07, 6.45) is -1.44. The molecule has 0 radical (unpaired) electrons. The molecular formula is C14H20N4O4. The van der Waals surface area contributed by atoms with E-state index in [9.17, 15) is 5.11 Å². The molecule has 0 spiro atoms. The molecule has 2 rings (SSSR count). The lowest BCUT2D eigenvalue weighted by Crippen LogP contribution is -2.56. The Labute approximate surface area is 128 Å². The molecule has 8 heteroatoms.